The van der Waals surface area contributed by atoms with Crippen molar-refractivity contribution in [3.05, 3.63) is 157 Å². The summed E-state index contributed by atoms with van der Waals surface area (Å²) in [7, 11) is 0. The minimum absolute atomic E-state index is 0.304. The molecule has 4 nitrogen and oxygen atoms in total. The molecule has 1 aliphatic heterocycles. The highest BCUT2D eigenvalue weighted by Gasteiger charge is 2.41. The Labute approximate surface area is 298 Å². The zero-order valence-electron chi connectivity index (χ0n) is 28.1. The van der Waals surface area contributed by atoms with E-state index in [0.717, 1.165) is 49.1 Å². The predicted octanol–water partition coefficient (Wildman–Crippen LogP) is 12.6. The van der Waals surface area contributed by atoms with Crippen LogP contribution in [0, 0.1) is 0 Å². The quantitative estimate of drug-likeness (QED) is 0.172. The fourth-order valence-corrected chi connectivity index (χ4v) is 9.90. The molecule has 0 N–H and O–H groups in total. The number of nitrogens with zero attached hydrogens (tertiary/aromatic N) is 4. The maximum atomic E-state index is 5.65. The van der Waals surface area contributed by atoms with Crippen LogP contribution in [0.25, 0.3) is 74.8 Å². The van der Waals surface area contributed by atoms with E-state index >= 15 is 0 Å². The number of rotatable bonds is 2. The van der Waals surface area contributed by atoms with Gasteiger partial charge in [-0.15, -0.1) is 11.3 Å². The first-order valence-electron chi connectivity index (χ1n) is 17.4. The van der Waals surface area contributed by atoms with Crippen molar-refractivity contribution in [2.45, 2.75) is 19.3 Å². The molecule has 240 valence electrons. The maximum absolute atomic E-state index is 5.65. The van der Waals surface area contributed by atoms with E-state index in [1.165, 1.54) is 48.1 Å². The van der Waals surface area contributed by atoms with Gasteiger partial charge in [-0.3, -0.25) is 4.90 Å². The molecule has 5 heteroatoms. The third-order valence-corrected chi connectivity index (χ3v) is 12.0. The van der Waals surface area contributed by atoms with Gasteiger partial charge in [0.2, 0.25) is 5.95 Å². The lowest BCUT2D eigenvalue weighted by atomic mass is 9.71. The number of fused-ring (bicyclic) bond motifs is 15. The Bertz CT molecular complexity index is 3070. The van der Waals surface area contributed by atoms with Crippen LogP contribution in [0.1, 0.15) is 25.0 Å². The smallest absolute Gasteiger partial charge is 0.235 e. The third kappa shape index (κ3) is 3.87. The predicted molar refractivity (Wildman–Crippen MR) is 215 cm³/mol. The second-order valence-corrected chi connectivity index (χ2v) is 15.0. The number of hydrogen-bond donors (Lipinski definition) is 0. The minimum Gasteiger partial charge on any atom is -0.277 e. The molecule has 4 heterocycles. The van der Waals surface area contributed by atoms with E-state index in [-0.39, 0.29) is 5.41 Å². The summed E-state index contributed by atoms with van der Waals surface area (Å²) in [5, 5.41) is 10.6. The Balaban J connectivity index is 1.37. The number of para-hydroxylation sites is 1. The summed E-state index contributed by atoms with van der Waals surface area (Å²) in [5.41, 5.74) is 7.40. The van der Waals surface area contributed by atoms with Gasteiger partial charge in [-0.05, 0) is 56.3 Å². The Hall–Kier alpha value is -6.17. The summed E-state index contributed by atoms with van der Waals surface area (Å²) in [5.74, 6) is 0.660. The highest BCUT2D eigenvalue weighted by molar-refractivity contribution is 7.26. The van der Waals surface area contributed by atoms with E-state index < -0.39 is 0 Å². The molecule has 0 saturated carbocycles. The summed E-state index contributed by atoms with van der Waals surface area (Å²) in [4.78, 5) is 19.6. The number of pyridine rings is 1. The lowest BCUT2D eigenvalue weighted by Gasteiger charge is -2.42. The second kappa shape index (κ2) is 10.4. The molecule has 0 spiro atoms. The number of anilines is 3. The van der Waals surface area contributed by atoms with Crippen LogP contribution < -0.4 is 4.90 Å². The molecule has 0 aliphatic carbocycles. The van der Waals surface area contributed by atoms with Crippen molar-refractivity contribution in [2.24, 2.45) is 0 Å². The zero-order valence-corrected chi connectivity index (χ0v) is 28.9. The van der Waals surface area contributed by atoms with Crippen LogP contribution in [0.5, 0.6) is 0 Å². The van der Waals surface area contributed by atoms with Crippen LogP contribution in [0.4, 0.5) is 17.3 Å². The fraction of sp³-hybridized carbons (Fsp3) is 0.0652. The van der Waals surface area contributed by atoms with Crippen LogP contribution in [0.3, 0.4) is 0 Å². The van der Waals surface area contributed by atoms with E-state index in [0.29, 0.717) is 5.95 Å². The molecule has 10 aromatic rings. The van der Waals surface area contributed by atoms with Crippen LogP contribution >= 0.6 is 11.3 Å². The molecule has 0 unspecified atom stereocenters. The molecule has 0 saturated heterocycles. The number of thiophene rings is 1. The largest absolute Gasteiger partial charge is 0.277 e. The first-order chi connectivity index (χ1) is 25.1. The molecule has 1 aliphatic rings. The molecule has 0 atom stereocenters. The Morgan fingerprint density at radius 2 is 1.16 bits per heavy atom. The summed E-state index contributed by atoms with van der Waals surface area (Å²) < 4.78 is 1.20. The molecular weight excluding hydrogens is 641 g/mol. The lowest BCUT2D eigenvalue weighted by Crippen LogP contribution is -2.31. The van der Waals surface area contributed by atoms with E-state index in [9.17, 15) is 0 Å². The molecule has 0 bridgehead atoms. The van der Waals surface area contributed by atoms with Crippen molar-refractivity contribution < 1.29 is 0 Å². The Morgan fingerprint density at radius 1 is 0.549 bits per heavy atom. The minimum atomic E-state index is -0.304. The van der Waals surface area contributed by atoms with Gasteiger partial charge >= 0.3 is 0 Å². The van der Waals surface area contributed by atoms with E-state index in [2.05, 4.69) is 152 Å². The molecule has 51 heavy (non-hydrogen) atoms. The van der Waals surface area contributed by atoms with Crippen molar-refractivity contribution >= 4 is 92.2 Å². The number of hydrogen-bond acceptors (Lipinski definition) is 5. The van der Waals surface area contributed by atoms with Crippen molar-refractivity contribution in [3.63, 3.8) is 0 Å². The molecule has 0 amide bonds. The van der Waals surface area contributed by atoms with Crippen molar-refractivity contribution in [2.75, 3.05) is 4.90 Å². The standard InChI is InChI=1S/C46H30N4S/c1-46(2)35-24-12-13-25-36(35)50(42-39(46)32-21-10-9-20-31(32)37-34-23-14-26-47-44(34)51-43(37)42)45-48-40(27-15-4-3-5-16-27)38-30-19-8-6-17-28(30)29-18-7-11-22-33(29)41(38)49-45/h3-26H,1-2H3. The highest BCUT2D eigenvalue weighted by Crippen LogP contribution is 2.58. The number of benzene rings is 7. The summed E-state index contributed by atoms with van der Waals surface area (Å²) in [6.45, 7) is 4.73. The zero-order chi connectivity index (χ0) is 33.8. The van der Waals surface area contributed by atoms with Crippen molar-refractivity contribution in [1.29, 1.82) is 0 Å². The van der Waals surface area contributed by atoms with Gasteiger partial charge < -0.3 is 0 Å². The second-order valence-electron chi connectivity index (χ2n) is 14.0. The summed E-state index contributed by atoms with van der Waals surface area (Å²) in [6, 6.07) is 49.9. The molecule has 0 fully saturated rings. The first-order valence-corrected chi connectivity index (χ1v) is 18.2. The molecule has 3 aromatic heterocycles. The Morgan fingerprint density at radius 3 is 1.94 bits per heavy atom. The van der Waals surface area contributed by atoms with Crippen molar-refractivity contribution in [1.82, 2.24) is 15.0 Å². The van der Waals surface area contributed by atoms with E-state index in [1.807, 2.05) is 12.3 Å². The maximum Gasteiger partial charge on any atom is 0.235 e. The Kier molecular flexibility index (Phi) is 5.85. The van der Waals surface area contributed by atoms with Crippen LogP contribution in [-0.2, 0) is 5.41 Å². The SMILES string of the molecule is CC1(C)c2ccccc2N(c2nc(-c3ccccc3)c3c4ccccc4c4ccccc4c3n2)c2c1c1ccccc1c1c2sc2ncccc21. The first kappa shape index (κ1) is 28.6. The molecule has 0 radical (unpaired) electrons. The fourth-order valence-electron chi connectivity index (χ4n) is 8.70. The van der Waals surface area contributed by atoms with Crippen LogP contribution in [0.2, 0.25) is 0 Å². The molecule has 11 rings (SSSR count). The monoisotopic (exact) mass is 670 g/mol. The van der Waals surface area contributed by atoms with Gasteiger partial charge in [-0.25, -0.2) is 15.0 Å². The van der Waals surface area contributed by atoms with Gasteiger partial charge in [0.25, 0.3) is 0 Å². The average molecular weight is 671 g/mol. The van der Waals surface area contributed by atoms with Crippen LogP contribution in [0.15, 0.2) is 146 Å². The average Bonchev–Trinajstić information content (AvgIpc) is 3.58. The topological polar surface area (TPSA) is 41.9 Å². The van der Waals surface area contributed by atoms with Gasteiger partial charge in [-0.2, -0.15) is 0 Å². The van der Waals surface area contributed by atoms with Gasteiger partial charge in [0, 0.05) is 38.7 Å². The summed E-state index contributed by atoms with van der Waals surface area (Å²) >= 11 is 1.77. The number of aromatic nitrogens is 3. The van der Waals surface area contributed by atoms with Gasteiger partial charge in [0.1, 0.15) is 4.83 Å². The molecular formula is C46H30N4S. The van der Waals surface area contributed by atoms with Gasteiger partial charge in [0.05, 0.1) is 27.3 Å². The highest BCUT2D eigenvalue weighted by atomic mass is 32.1. The normalized spacial score (nSPS) is 13.8. The van der Waals surface area contributed by atoms with E-state index in [4.69, 9.17) is 15.0 Å². The van der Waals surface area contributed by atoms with Gasteiger partial charge in [0.15, 0.2) is 0 Å². The van der Waals surface area contributed by atoms with E-state index in [1.54, 1.807) is 11.3 Å². The lowest BCUT2D eigenvalue weighted by molar-refractivity contribution is 0.638. The van der Waals surface area contributed by atoms with Crippen LogP contribution in [-0.4, -0.2) is 15.0 Å². The molecule has 7 aromatic carbocycles. The van der Waals surface area contributed by atoms with Gasteiger partial charge in [-0.1, -0.05) is 135 Å². The summed E-state index contributed by atoms with van der Waals surface area (Å²) in [6.07, 6.45) is 1.90. The third-order valence-electron chi connectivity index (χ3n) is 10.9. The van der Waals surface area contributed by atoms with Crippen molar-refractivity contribution in [3.8, 4) is 11.3 Å².